The van der Waals surface area contributed by atoms with Gasteiger partial charge in [-0.25, -0.2) is 8.42 Å². The minimum Gasteiger partial charge on any atom is -0.494 e. The van der Waals surface area contributed by atoms with Gasteiger partial charge in [-0.2, -0.15) is 4.68 Å². The molecule has 1 amide bonds. The highest BCUT2D eigenvalue weighted by atomic mass is 32.2. The van der Waals surface area contributed by atoms with Crippen LogP contribution in [0, 0.1) is 0 Å². The molecule has 1 aliphatic heterocycles. The van der Waals surface area contributed by atoms with Crippen molar-refractivity contribution >= 4 is 27.5 Å². The molecule has 0 saturated carbocycles. The summed E-state index contributed by atoms with van der Waals surface area (Å²) in [5, 5.41) is 12.3. The van der Waals surface area contributed by atoms with Crippen molar-refractivity contribution in [1.29, 1.82) is 0 Å². The molecule has 0 unspecified atom stereocenters. The number of amides is 1. The van der Waals surface area contributed by atoms with E-state index in [2.05, 4.69) is 15.5 Å². The maximum absolute atomic E-state index is 13.2. The molecular formula is C21H23N5O4S2. The van der Waals surface area contributed by atoms with Gasteiger partial charge in [0.1, 0.15) is 11.4 Å². The molecule has 2 aromatic carbocycles. The molecule has 11 heteroatoms. The third-order valence-corrected chi connectivity index (χ3v) is 7.90. The summed E-state index contributed by atoms with van der Waals surface area (Å²) in [7, 11) is -1.56. The number of hydrogen-bond acceptors (Lipinski definition) is 8. The molecule has 1 atom stereocenters. The van der Waals surface area contributed by atoms with Gasteiger partial charge in [-0.3, -0.25) is 4.79 Å². The Hall–Kier alpha value is -2.92. The molecule has 168 valence electrons. The van der Waals surface area contributed by atoms with E-state index in [4.69, 9.17) is 4.74 Å². The second-order valence-electron chi connectivity index (χ2n) is 7.40. The predicted molar refractivity (Wildman–Crippen MR) is 120 cm³/mol. The van der Waals surface area contributed by atoms with Crippen LogP contribution in [-0.2, 0) is 21.2 Å². The van der Waals surface area contributed by atoms with Gasteiger partial charge < -0.3 is 9.64 Å². The van der Waals surface area contributed by atoms with E-state index >= 15 is 0 Å². The van der Waals surface area contributed by atoms with Crippen LogP contribution in [0.25, 0.3) is 5.69 Å². The van der Waals surface area contributed by atoms with Crippen molar-refractivity contribution in [2.75, 3.05) is 24.4 Å². The first kappa shape index (κ1) is 22.3. The van der Waals surface area contributed by atoms with Crippen molar-refractivity contribution in [3.05, 3.63) is 60.2 Å². The van der Waals surface area contributed by atoms with Gasteiger partial charge in [0.05, 0.1) is 24.4 Å². The SMILES string of the molecule is COc1ccccc1-n1nnnc1SCC(=O)N(Cc1ccccc1)[C@@H]1CCS(=O)(=O)C1. The van der Waals surface area contributed by atoms with Crippen LogP contribution >= 0.6 is 11.8 Å². The molecule has 0 bridgehead atoms. The third-order valence-electron chi connectivity index (χ3n) is 5.24. The van der Waals surface area contributed by atoms with Crippen LogP contribution in [-0.4, -0.2) is 69.8 Å². The smallest absolute Gasteiger partial charge is 0.233 e. The molecule has 9 nitrogen and oxygen atoms in total. The van der Waals surface area contributed by atoms with E-state index in [1.54, 1.807) is 18.1 Å². The monoisotopic (exact) mass is 473 g/mol. The number of methoxy groups -OCH3 is 1. The van der Waals surface area contributed by atoms with Crippen molar-refractivity contribution in [2.45, 2.75) is 24.2 Å². The van der Waals surface area contributed by atoms with E-state index in [1.807, 2.05) is 48.5 Å². The summed E-state index contributed by atoms with van der Waals surface area (Å²) in [5.74, 6) is 0.633. The molecular weight excluding hydrogens is 450 g/mol. The molecule has 0 radical (unpaired) electrons. The van der Waals surface area contributed by atoms with Crippen molar-refractivity contribution in [1.82, 2.24) is 25.1 Å². The molecule has 3 aromatic rings. The summed E-state index contributed by atoms with van der Waals surface area (Å²) in [6.07, 6.45) is 0.449. The van der Waals surface area contributed by atoms with Gasteiger partial charge in [0, 0.05) is 12.6 Å². The third kappa shape index (κ3) is 5.10. The Labute approximate surface area is 190 Å². The fourth-order valence-electron chi connectivity index (χ4n) is 3.66. The number of hydrogen-bond donors (Lipinski definition) is 0. The summed E-state index contributed by atoms with van der Waals surface area (Å²) >= 11 is 1.20. The summed E-state index contributed by atoms with van der Waals surface area (Å²) in [6, 6.07) is 16.6. The van der Waals surface area contributed by atoms with Gasteiger partial charge in [-0.15, -0.1) is 5.10 Å². The van der Waals surface area contributed by atoms with Gasteiger partial charge in [-0.1, -0.05) is 54.2 Å². The van der Waals surface area contributed by atoms with Crippen LogP contribution in [0.1, 0.15) is 12.0 Å². The average Bonchev–Trinajstić information content (AvgIpc) is 3.42. The molecule has 2 heterocycles. The Morgan fingerprint density at radius 3 is 2.66 bits per heavy atom. The lowest BCUT2D eigenvalue weighted by atomic mass is 10.1. The van der Waals surface area contributed by atoms with Gasteiger partial charge in [-0.05, 0) is 34.5 Å². The standard InChI is InChI=1S/C21H23N5O4S2/c1-30-19-10-6-5-9-18(19)26-21(22-23-24-26)31-14-20(27)25(13-16-7-3-2-4-8-16)17-11-12-32(28,29)15-17/h2-10,17H,11-15H2,1H3/t17-/m1/s1. The second-order valence-corrected chi connectivity index (χ2v) is 10.6. The Balaban J connectivity index is 1.51. The van der Waals surface area contributed by atoms with Crippen LogP contribution in [0.15, 0.2) is 59.8 Å². The van der Waals surface area contributed by atoms with E-state index in [0.717, 1.165) is 5.56 Å². The fourth-order valence-corrected chi connectivity index (χ4v) is 6.16. The van der Waals surface area contributed by atoms with Gasteiger partial charge in [0.15, 0.2) is 9.84 Å². The van der Waals surface area contributed by atoms with Crippen LogP contribution in [0.2, 0.25) is 0 Å². The number of thioether (sulfide) groups is 1. The molecule has 0 spiro atoms. The Morgan fingerprint density at radius 1 is 1.19 bits per heavy atom. The van der Waals surface area contributed by atoms with Crippen LogP contribution in [0.4, 0.5) is 0 Å². The molecule has 0 N–H and O–H groups in total. The predicted octanol–water partition coefficient (Wildman–Crippen LogP) is 1.98. The number of tetrazole rings is 1. The molecule has 4 rings (SSSR count). The number of benzene rings is 2. The van der Waals surface area contributed by atoms with E-state index < -0.39 is 9.84 Å². The number of aromatic nitrogens is 4. The topological polar surface area (TPSA) is 107 Å². The Bertz CT molecular complexity index is 1180. The molecule has 1 saturated heterocycles. The maximum Gasteiger partial charge on any atom is 0.233 e. The first-order chi connectivity index (χ1) is 15.5. The number of carbonyl (C=O) groups excluding carboxylic acids is 1. The summed E-state index contributed by atoms with van der Waals surface area (Å²) in [5.41, 5.74) is 1.62. The lowest BCUT2D eigenvalue weighted by molar-refractivity contribution is -0.130. The van der Waals surface area contributed by atoms with Crippen LogP contribution in [0.3, 0.4) is 0 Å². The number of carbonyl (C=O) groups is 1. The average molecular weight is 474 g/mol. The highest BCUT2D eigenvalue weighted by Gasteiger charge is 2.34. The molecule has 1 fully saturated rings. The largest absolute Gasteiger partial charge is 0.494 e. The first-order valence-electron chi connectivity index (χ1n) is 10.1. The number of ether oxygens (including phenoxy) is 1. The highest BCUT2D eigenvalue weighted by molar-refractivity contribution is 7.99. The summed E-state index contributed by atoms with van der Waals surface area (Å²) in [4.78, 5) is 14.9. The number of sulfone groups is 1. The summed E-state index contributed by atoms with van der Waals surface area (Å²) < 4.78 is 31.0. The fraction of sp³-hybridized carbons (Fsp3) is 0.333. The van der Waals surface area contributed by atoms with E-state index in [0.29, 0.717) is 29.6 Å². The van der Waals surface area contributed by atoms with Crippen LogP contribution < -0.4 is 4.74 Å². The highest BCUT2D eigenvalue weighted by Crippen LogP contribution is 2.27. The summed E-state index contributed by atoms with van der Waals surface area (Å²) in [6.45, 7) is 0.359. The minimum absolute atomic E-state index is 0.00477. The molecule has 1 aromatic heterocycles. The van der Waals surface area contributed by atoms with Crippen LogP contribution in [0.5, 0.6) is 5.75 Å². The Morgan fingerprint density at radius 2 is 1.94 bits per heavy atom. The van der Waals surface area contributed by atoms with Crippen molar-refractivity contribution in [3.8, 4) is 11.4 Å². The van der Waals surface area contributed by atoms with Gasteiger partial charge in [0.25, 0.3) is 0 Å². The van der Waals surface area contributed by atoms with E-state index in [9.17, 15) is 13.2 Å². The van der Waals surface area contributed by atoms with Crippen molar-refractivity contribution < 1.29 is 17.9 Å². The van der Waals surface area contributed by atoms with E-state index in [-0.39, 0.29) is 29.2 Å². The zero-order chi connectivity index (χ0) is 22.6. The Kier molecular flexibility index (Phi) is 6.75. The van der Waals surface area contributed by atoms with E-state index in [1.165, 1.54) is 16.4 Å². The molecule has 1 aliphatic rings. The normalized spacial score (nSPS) is 17.2. The number of nitrogens with zero attached hydrogens (tertiary/aromatic N) is 5. The maximum atomic E-state index is 13.2. The first-order valence-corrected chi connectivity index (χ1v) is 12.9. The van der Waals surface area contributed by atoms with Gasteiger partial charge >= 0.3 is 0 Å². The van der Waals surface area contributed by atoms with Gasteiger partial charge in [0.2, 0.25) is 11.1 Å². The molecule has 0 aliphatic carbocycles. The molecule has 32 heavy (non-hydrogen) atoms. The second kappa shape index (κ2) is 9.70. The van der Waals surface area contributed by atoms with Crippen molar-refractivity contribution in [2.24, 2.45) is 0 Å². The number of para-hydroxylation sites is 2. The minimum atomic E-state index is -3.13. The number of rotatable bonds is 8. The lowest BCUT2D eigenvalue weighted by Crippen LogP contribution is -2.41. The zero-order valence-corrected chi connectivity index (χ0v) is 19.1. The lowest BCUT2D eigenvalue weighted by Gasteiger charge is -2.28. The quantitative estimate of drug-likeness (QED) is 0.457. The van der Waals surface area contributed by atoms with Crippen molar-refractivity contribution in [3.63, 3.8) is 0 Å². The zero-order valence-electron chi connectivity index (χ0n) is 17.5.